The second-order valence-electron chi connectivity index (χ2n) is 4.65. The van der Waals surface area contributed by atoms with Crippen LogP contribution in [-0.4, -0.2) is 22.5 Å². The van der Waals surface area contributed by atoms with Crippen molar-refractivity contribution in [2.45, 2.75) is 6.54 Å². The van der Waals surface area contributed by atoms with Crippen molar-refractivity contribution in [1.82, 2.24) is 4.98 Å². The van der Waals surface area contributed by atoms with Gasteiger partial charge in [0, 0.05) is 6.20 Å². The molecule has 1 aliphatic heterocycles. The van der Waals surface area contributed by atoms with Crippen molar-refractivity contribution in [3.63, 3.8) is 0 Å². The van der Waals surface area contributed by atoms with E-state index in [0.717, 1.165) is 11.3 Å². The van der Waals surface area contributed by atoms with Crippen LogP contribution < -0.4 is 15.4 Å². The number of nitrogens with zero attached hydrogens (tertiary/aromatic N) is 2. The molecule has 0 atom stereocenters. The summed E-state index contributed by atoms with van der Waals surface area (Å²) < 4.78 is 5.42. The molecule has 1 amide bonds. The Kier molecular flexibility index (Phi) is 3.53. The van der Waals surface area contributed by atoms with Gasteiger partial charge in [-0.2, -0.15) is 0 Å². The van der Waals surface area contributed by atoms with Gasteiger partial charge in [-0.15, -0.1) is 0 Å². The van der Waals surface area contributed by atoms with E-state index in [1.54, 1.807) is 17.2 Å². The third kappa shape index (κ3) is 2.71. The Labute approximate surface area is 127 Å². The molecule has 106 valence electrons. The summed E-state index contributed by atoms with van der Waals surface area (Å²) in [5, 5.41) is 0. The molecule has 1 aromatic carbocycles. The normalized spacial score (nSPS) is 13.5. The first-order chi connectivity index (χ1) is 10.1. The minimum Gasteiger partial charge on any atom is -0.482 e. The van der Waals surface area contributed by atoms with Crippen LogP contribution in [0.4, 0.5) is 5.69 Å². The molecule has 2 heterocycles. The van der Waals surface area contributed by atoms with Crippen LogP contribution in [0.3, 0.4) is 0 Å². The van der Waals surface area contributed by atoms with Gasteiger partial charge in [0.1, 0.15) is 10.7 Å². The Balaban J connectivity index is 1.92. The maximum atomic E-state index is 12.1. The van der Waals surface area contributed by atoms with E-state index in [2.05, 4.69) is 4.98 Å². The van der Waals surface area contributed by atoms with E-state index in [1.165, 1.54) is 0 Å². The number of carbonyl (C=O) groups is 1. The molecule has 1 aliphatic rings. The van der Waals surface area contributed by atoms with Crippen LogP contribution in [0, 0.1) is 0 Å². The summed E-state index contributed by atoms with van der Waals surface area (Å²) >= 11 is 4.93. The Morgan fingerprint density at radius 3 is 3.00 bits per heavy atom. The number of hydrogen-bond acceptors (Lipinski definition) is 4. The van der Waals surface area contributed by atoms with Gasteiger partial charge in [-0.3, -0.25) is 9.78 Å². The highest BCUT2D eigenvalue weighted by Crippen LogP contribution is 2.32. The number of ether oxygens (including phenoxy) is 1. The molecule has 2 N–H and O–H groups in total. The van der Waals surface area contributed by atoms with Gasteiger partial charge in [0.15, 0.2) is 6.61 Å². The molecule has 0 fully saturated rings. The summed E-state index contributed by atoms with van der Waals surface area (Å²) in [6, 6.07) is 11.1. The van der Waals surface area contributed by atoms with Crippen LogP contribution in [0.1, 0.15) is 11.3 Å². The predicted molar refractivity (Wildman–Crippen MR) is 83.3 cm³/mol. The van der Waals surface area contributed by atoms with Crippen molar-refractivity contribution in [1.29, 1.82) is 0 Å². The van der Waals surface area contributed by atoms with Crippen molar-refractivity contribution in [2.24, 2.45) is 5.73 Å². The first-order valence-electron chi connectivity index (χ1n) is 6.42. The lowest BCUT2D eigenvalue weighted by Gasteiger charge is -2.29. The van der Waals surface area contributed by atoms with Crippen LogP contribution in [-0.2, 0) is 11.3 Å². The number of amides is 1. The third-order valence-electron chi connectivity index (χ3n) is 3.23. The number of pyridine rings is 1. The van der Waals surface area contributed by atoms with Crippen molar-refractivity contribution < 1.29 is 9.53 Å². The number of nitrogens with two attached hydrogens (primary N) is 1. The zero-order valence-corrected chi connectivity index (χ0v) is 12.0. The topological polar surface area (TPSA) is 68.5 Å². The van der Waals surface area contributed by atoms with E-state index >= 15 is 0 Å². The van der Waals surface area contributed by atoms with E-state index in [0.29, 0.717) is 18.0 Å². The summed E-state index contributed by atoms with van der Waals surface area (Å²) in [6.45, 7) is 0.474. The third-order valence-corrected chi connectivity index (χ3v) is 3.43. The Hall–Kier alpha value is -2.47. The quantitative estimate of drug-likeness (QED) is 0.873. The largest absolute Gasteiger partial charge is 0.482 e. The number of rotatable bonds is 3. The van der Waals surface area contributed by atoms with E-state index < -0.39 is 0 Å². The number of benzene rings is 1. The lowest BCUT2D eigenvalue weighted by atomic mass is 10.1. The summed E-state index contributed by atoms with van der Waals surface area (Å²) in [5.41, 5.74) is 7.82. The lowest BCUT2D eigenvalue weighted by molar-refractivity contribution is -0.121. The summed E-state index contributed by atoms with van der Waals surface area (Å²) in [5.74, 6) is 0.628. The zero-order valence-electron chi connectivity index (χ0n) is 11.2. The first kappa shape index (κ1) is 13.5. The van der Waals surface area contributed by atoms with Crippen LogP contribution in [0.15, 0.2) is 42.6 Å². The lowest BCUT2D eigenvalue weighted by Crippen LogP contribution is -2.38. The average molecular weight is 299 g/mol. The fourth-order valence-corrected chi connectivity index (χ4v) is 2.33. The number of thiocarbonyl (C=S) groups is 1. The Bertz CT molecular complexity index is 718. The van der Waals surface area contributed by atoms with Gasteiger partial charge in [-0.25, -0.2) is 0 Å². The minimum absolute atomic E-state index is 0.0459. The van der Waals surface area contributed by atoms with Gasteiger partial charge in [-0.1, -0.05) is 24.4 Å². The van der Waals surface area contributed by atoms with Crippen LogP contribution in [0.25, 0.3) is 0 Å². The van der Waals surface area contributed by atoms with Crippen molar-refractivity contribution in [3.05, 3.63) is 53.9 Å². The molecule has 0 unspecified atom stereocenters. The minimum atomic E-state index is -0.0811. The van der Waals surface area contributed by atoms with Gasteiger partial charge >= 0.3 is 0 Å². The fourth-order valence-electron chi connectivity index (χ4n) is 2.22. The standard InChI is InChI=1S/C15H13N3O2S/c16-15(21)11-7-10(5-6-17-11)8-18-12-3-1-2-4-13(12)20-9-14(18)19/h1-7H,8-9H2,(H2,16,21). The van der Waals surface area contributed by atoms with E-state index in [9.17, 15) is 4.79 Å². The Morgan fingerprint density at radius 1 is 1.38 bits per heavy atom. The molecule has 2 aromatic rings. The molecular weight excluding hydrogens is 286 g/mol. The number of hydrogen-bond donors (Lipinski definition) is 1. The predicted octanol–water partition coefficient (Wildman–Crippen LogP) is 1.64. The number of para-hydroxylation sites is 2. The molecule has 3 rings (SSSR count). The van der Waals surface area contributed by atoms with Crippen LogP contribution in [0.2, 0.25) is 0 Å². The summed E-state index contributed by atoms with van der Waals surface area (Å²) in [6.07, 6.45) is 1.64. The number of aromatic nitrogens is 1. The number of fused-ring (bicyclic) bond motifs is 1. The van der Waals surface area contributed by atoms with Crippen molar-refractivity contribution in [3.8, 4) is 5.75 Å². The second-order valence-corrected chi connectivity index (χ2v) is 5.09. The van der Waals surface area contributed by atoms with Crippen molar-refractivity contribution in [2.75, 3.05) is 11.5 Å². The zero-order chi connectivity index (χ0) is 14.8. The average Bonchev–Trinajstić information content (AvgIpc) is 2.50. The van der Waals surface area contributed by atoms with Gasteiger partial charge in [0.2, 0.25) is 0 Å². The fraction of sp³-hybridized carbons (Fsp3) is 0.133. The molecule has 5 nitrogen and oxygen atoms in total. The van der Waals surface area contributed by atoms with Gasteiger partial charge in [0.25, 0.3) is 5.91 Å². The summed E-state index contributed by atoms with van der Waals surface area (Å²) in [7, 11) is 0. The smallest absolute Gasteiger partial charge is 0.265 e. The molecule has 0 bridgehead atoms. The van der Waals surface area contributed by atoms with Crippen LogP contribution in [0.5, 0.6) is 5.75 Å². The maximum Gasteiger partial charge on any atom is 0.265 e. The highest BCUT2D eigenvalue weighted by Gasteiger charge is 2.25. The van der Waals surface area contributed by atoms with E-state index in [1.807, 2.05) is 30.3 Å². The second kappa shape index (κ2) is 5.49. The molecule has 0 radical (unpaired) electrons. The maximum absolute atomic E-state index is 12.1. The highest BCUT2D eigenvalue weighted by atomic mass is 32.1. The van der Waals surface area contributed by atoms with Crippen molar-refractivity contribution >= 4 is 28.8 Å². The number of anilines is 1. The molecule has 0 aliphatic carbocycles. The molecule has 0 saturated carbocycles. The molecular formula is C15H13N3O2S. The highest BCUT2D eigenvalue weighted by molar-refractivity contribution is 7.80. The summed E-state index contributed by atoms with van der Waals surface area (Å²) in [4.78, 5) is 18.1. The monoisotopic (exact) mass is 299 g/mol. The van der Waals surface area contributed by atoms with Gasteiger partial charge in [-0.05, 0) is 29.8 Å². The first-order valence-corrected chi connectivity index (χ1v) is 6.83. The number of carbonyl (C=O) groups excluding carboxylic acids is 1. The van der Waals surface area contributed by atoms with Crippen LogP contribution >= 0.6 is 12.2 Å². The molecule has 0 saturated heterocycles. The Morgan fingerprint density at radius 2 is 2.19 bits per heavy atom. The molecule has 6 heteroatoms. The molecule has 1 aromatic heterocycles. The molecule has 21 heavy (non-hydrogen) atoms. The SMILES string of the molecule is NC(=S)c1cc(CN2C(=O)COc3ccccc32)ccn1. The van der Waals surface area contributed by atoms with E-state index in [4.69, 9.17) is 22.7 Å². The van der Waals surface area contributed by atoms with Gasteiger partial charge < -0.3 is 15.4 Å². The van der Waals surface area contributed by atoms with E-state index in [-0.39, 0.29) is 17.5 Å². The van der Waals surface area contributed by atoms with Gasteiger partial charge in [0.05, 0.1) is 17.9 Å². The molecule has 0 spiro atoms.